The number of hydrogen-bond acceptors (Lipinski definition) is 2. The number of methoxy groups -OCH3 is 1. The Morgan fingerprint density at radius 1 is 1.18 bits per heavy atom. The summed E-state index contributed by atoms with van der Waals surface area (Å²) in [4.78, 5) is 14.8. The third-order valence-corrected chi connectivity index (χ3v) is 5.54. The number of hydrogen-bond donors (Lipinski definition) is 1. The van der Waals surface area contributed by atoms with Gasteiger partial charge in [-0.15, -0.1) is 0 Å². The Labute approximate surface area is 168 Å². The summed E-state index contributed by atoms with van der Waals surface area (Å²) in [5.74, 6) is 0. The summed E-state index contributed by atoms with van der Waals surface area (Å²) in [6.45, 7) is 4.62. The second-order valence-corrected chi connectivity index (χ2v) is 7.81. The van der Waals surface area contributed by atoms with Crippen molar-refractivity contribution in [2.24, 2.45) is 0 Å². The molecule has 0 radical (unpaired) electrons. The summed E-state index contributed by atoms with van der Waals surface area (Å²) in [5.41, 5.74) is 3.66. The van der Waals surface area contributed by atoms with E-state index >= 15 is 0 Å². The minimum atomic E-state index is 0.0204. The third kappa shape index (κ3) is 5.86. The highest BCUT2D eigenvalue weighted by molar-refractivity contribution is 5.74. The normalized spacial score (nSPS) is 14.8. The SMILES string of the molecule is COCCN(Cc1cccn1Cc1ccc(C)cc1)C(=O)NC1CCCCC1. The molecule has 1 aromatic carbocycles. The van der Waals surface area contributed by atoms with E-state index in [4.69, 9.17) is 4.74 Å². The Hall–Kier alpha value is -2.27. The first-order valence-electron chi connectivity index (χ1n) is 10.4. The second kappa shape index (κ2) is 10.3. The van der Waals surface area contributed by atoms with Gasteiger partial charge in [0.05, 0.1) is 13.2 Å². The summed E-state index contributed by atoms with van der Waals surface area (Å²) in [7, 11) is 1.68. The number of rotatable bonds is 8. The minimum absolute atomic E-state index is 0.0204. The molecular weight excluding hydrogens is 350 g/mol. The minimum Gasteiger partial charge on any atom is -0.383 e. The van der Waals surface area contributed by atoms with Crippen LogP contribution in [-0.2, 0) is 17.8 Å². The Kier molecular flexibility index (Phi) is 7.54. The second-order valence-electron chi connectivity index (χ2n) is 7.81. The Bertz CT molecular complexity index is 733. The zero-order valence-electron chi connectivity index (χ0n) is 17.2. The monoisotopic (exact) mass is 383 g/mol. The fraction of sp³-hybridized carbons (Fsp3) is 0.522. The van der Waals surface area contributed by atoms with E-state index in [2.05, 4.69) is 59.4 Å². The van der Waals surface area contributed by atoms with Gasteiger partial charge in [0.1, 0.15) is 0 Å². The Morgan fingerprint density at radius 3 is 2.64 bits per heavy atom. The lowest BCUT2D eigenvalue weighted by Crippen LogP contribution is -2.46. The van der Waals surface area contributed by atoms with Gasteiger partial charge in [-0.25, -0.2) is 4.79 Å². The Morgan fingerprint density at radius 2 is 1.93 bits per heavy atom. The summed E-state index contributed by atoms with van der Waals surface area (Å²) in [6.07, 6.45) is 7.97. The van der Waals surface area contributed by atoms with Crippen LogP contribution in [0.3, 0.4) is 0 Å². The fourth-order valence-corrected chi connectivity index (χ4v) is 3.80. The van der Waals surface area contributed by atoms with Gasteiger partial charge in [-0.1, -0.05) is 49.1 Å². The van der Waals surface area contributed by atoms with Crippen LogP contribution in [0, 0.1) is 6.92 Å². The topological polar surface area (TPSA) is 46.5 Å². The molecule has 0 atom stereocenters. The zero-order chi connectivity index (χ0) is 19.8. The van der Waals surface area contributed by atoms with Crippen molar-refractivity contribution < 1.29 is 9.53 Å². The standard InChI is InChI=1S/C23H33N3O2/c1-19-10-12-20(13-11-19)17-25-14-6-9-22(25)18-26(15-16-28-2)23(27)24-21-7-4-3-5-8-21/h6,9-14,21H,3-5,7-8,15-18H2,1-2H3,(H,24,27). The molecule has 1 aromatic heterocycles. The van der Waals surface area contributed by atoms with Crippen molar-refractivity contribution in [3.05, 3.63) is 59.4 Å². The average molecular weight is 384 g/mol. The molecule has 2 aromatic rings. The van der Waals surface area contributed by atoms with E-state index in [0.717, 1.165) is 25.1 Å². The molecule has 3 rings (SSSR count). The summed E-state index contributed by atoms with van der Waals surface area (Å²) >= 11 is 0. The van der Waals surface area contributed by atoms with Crippen molar-refractivity contribution in [2.45, 2.75) is 58.2 Å². The first-order chi connectivity index (χ1) is 13.7. The maximum absolute atomic E-state index is 12.9. The van der Waals surface area contributed by atoms with Gasteiger partial charge in [-0.05, 0) is 37.5 Å². The quantitative estimate of drug-likeness (QED) is 0.737. The van der Waals surface area contributed by atoms with Crippen molar-refractivity contribution in [1.82, 2.24) is 14.8 Å². The van der Waals surface area contributed by atoms with Gasteiger partial charge in [-0.3, -0.25) is 0 Å². The van der Waals surface area contributed by atoms with Crippen molar-refractivity contribution in [3.63, 3.8) is 0 Å². The lowest BCUT2D eigenvalue weighted by Gasteiger charge is -2.28. The van der Waals surface area contributed by atoms with E-state index < -0.39 is 0 Å². The van der Waals surface area contributed by atoms with Gasteiger partial charge in [0, 0.05) is 38.1 Å². The highest BCUT2D eigenvalue weighted by Crippen LogP contribution is 2.18. The van der Waals surface area contributed by atoms with Crippen LogP contribution in [0.15, 0.2) is 42.6 Å². The molecule has 1 saturated carbocycles. The first kappa shape index (κ1) is 20.5. The number of carbonyl (C=O) groups excluding carboxylic acids is 1. The predicted molar refractivity (Wildman–Crippen MR) is 112 cm³/mol. The number of nitrogens with one attached hydrogen (secondary N) is 1. The van der Waals surface area contributed by atoms with Crippen LogP contribution in [0.25, 0.3) is 0 Å². The third-order valence-electron chi connectivity index (χ3n) is 5.54. The molecule has 0 unspecified atom stereocenters. The number of aromatic nitrogens is 1. The zero-order valence-corrected chi connectivity index (χ0v) is 17.2. The Balaban J connectivity index is 1.65. The molecular formula is C23H33N3O2. The van der Waals surface area contributed by atoms with Crippen LogP contribution >= 0.6 is 0 Å². The largest absolute Gasteiger partial charge is 0.383 e. The van der Waals surface area contributed by atoms with Crippen molar-refractivity contribution in [1.29, 1.82) is 0 Å². The number of aryl methyl sites for hydroxylation is 1. The molecule has 152 valence electrons. The molecule has 1 heterocycles. The molecule has 5 nitrogen and oxygen atoms in total. The lowest BCUT2D eigenvalue weighted by molar-refractivity contribution is 0.142. The molecule has 1 aliphatic carbocycles. The van der Waals surface area contributed by atoms with Crippen LogP contribution in [0.5, 0.6) is 0 Å². The van der Waals surface area contributed by atoms with Crippen LogP contribution in [0.2, 0.25) is 0 Å². The average Bonchev–Trinajstić information content (AvgIpc) is 3.14. The highest BCUT2D eigenvalue weighted by atomic mass is 16.5. The van der Waals surface area contributed by atoms with Crippen LogP contribution in [0.4, 0.5) is 4.79 Å². The number of urea groups is 1. The molecule has 2 amide bonds. The molecule has 1 aliphatic rings. The van der Waals surface area contributed by atoms with Gasteiger partial charge in [0.2, 0.25) is 0 Å². The predicted octanol–water partition coefficient (Wildman–Crippen LogP) is 4.34. The highest BCUT2D eigenvalue weighted by Gasteiger charge is 2.20. The van der Waals surface area contributed by atoms with E-state index in [9.17, 15) is 4.79 Å². The van der Waals surface area contributed by atoms with Crippen molar-refractivity contribution in [2.75, 3.05) is 20.3 Å². The van der Waals surface area contributed by atoms with Crippen LogP contribution in [-0.4, -0.2) is 41.8 Å². The smallest absolute Gasteiger partial charge is 0.318 e. The maximum Gasteiger partial charge on any atom is 0.318 e. The summed E-state index contributed by atoms with van der Waals surface area (Å²) in [5, 5.41) is 3.24. The van der Waals surface area contributed by atoms with E-state index in [-0.39, 0.29) is 6.03 Å². The van der Waals surface area contributed by atoms with Crippen molar-refractivity contribution in [3.8, 4) is 0 Å². The summed E-state index contributed by atoms with van der Waals surface area (Å²) < 4.78 is 7.46. The van der Waals surface area contributed by atoms with Gasteiger partial charge < -0.3 is 19.5 Å². The molecule has 0 spiro atoms. The van der Waals surface area contributed by atoms with Gasteiger partial charge in [0.15, 0.2) is 0 Å². The van der Waals surface area contributed by atoms with Crippen LogP contribution < -0.4 is 5.32 Å². The molecule has 0 bridgehead atoms. The van der Waals surface area contributed by atoms with E-state index in [1.807, 2.05) is 4.90 Å². The molecule has 28 heavy (non-hydrogen) atoms. The number of ether oxygens (including phenoxy) is 1. The maximum atomic E-state index is 12.9. The van der Waals surface area contributed by atoms with Crippen molar-refractivity contribution >= 4 is 6.03 Å². The summed E-state index contributed by atoms with van der Waals surface area (Å²) in [6, 6.07) is 13.1. The lowest BCUT2D eigenvalue weighted by atomic mass is 9.96. The van der Waals surface area contributed by atoms with Crippen LogP contribution in [0.1, 0.15) is 48.9 Å². The fourth-order valence-electron chi connectivity index (χ4n) is 3.80. The van der Waals surface area contributed by atoms with E-state index in [0.29, 0.717) is 25.7 Å². The number of benzene rings is 1. The van der Waals surface area contributed by atoms with Gasteiger partial charge >= 0.3 is 6.03 Å². The number of carbonyl (C=O) groups is 1. The molecule has 1 N–H and O–H groups in total. The number of amides is 2. The van der Waals surface area contributed by atoms with E-state index in [1.54, 1.807) is 7.11 Å². The molecule has 0 saturated heterocycles. The molecule has 1 fully saturated rings. The van der Waals surface area contributed by atoms with Gasteiger partial charge in [0.25, 0.3) is 0 Å². The van der Waals surface area contributed by atoms with E-state index in [1.165, 1.54) is 30.4 Å². The number of nitrogens with zero attached hydrogens (tertiary/aromatic N) is 2. The van der Waals surface area contributed by atoms with Gasteiger partial charge in [-0.2, -0.15) is 0 Å². The first-order valence-corrected chi connectivity index (χ1v) is 10.4. The molecule has 5 heteroatoms. The molecule has 0 aliphatic heterocycles.